The summed E-state index contributed by atoms with van der Waals surface area (Å²) in [7, 11) is -4.43. The molecule has 1 aliphatic rings. The summed E-state index contributed by atoms with van der Waals surface area (Å²) in [5, 5.41) is 20.5. The van der Waals surface area contributed by atoms with Gasteiger partial charge in [-0.1, -0.05) is 22.0 Å². The Hall–Kier alpha value is -3.27. The van der Waals surface area contributed by atoms with Gasteiger partial charge in [-0.2, -0.15) is 13.7 Å². The van der Waals surface area contributed by atoms with Crippen LogP contribution in [0.4, 0.5) is 5.69 Å². The summed E-state index contributed by atoms with van der Waals surface area (Å²) in [5.41, 5.74) is -0.456. The molecule has 0 aliphatic carbocycles. The fourth-order valence-electron chi connectivity index (χ4n) is 2.86. The molecule has 0 radical (unpaired) electrons. The van der Waals surface area contributed by atoms with E-state index in [-0.39, 0.29) is 16.9 Å². The van der Waals surface area contributed by atoms with Crippen molar-refractivity contribution in [2.75, 3.05) is 26.3 Å². The van der Waals surface area contributed by atoms with Gasteiger partial charge in [-0.3, -0.25) is 14.9 Å². The molecule has 3 rings (SSSR count). The molecule has 12 heteroatoms. The van der Waals surface area contributed by atoms with Gasteiger partial charge in [0.1, 0.15) is 22.3 Å². The van der Waals surface area contributed by atoms with Crippen molar-refractivity contribution in [2.45, 2.75) is 4.90 Å². The summed E-state index contributed by atoms with van der Waals surface area (Å²) in [4.78, 5) is 24.0. The first-order valence-electron chi connectivity index (χ1n) is 9.18. The van der Waals surface area contributed by atoms with Crippen LogP contribution in [0, 0.1) is 21.4 Å². The molecule has 0 saturated carbocycles. The van der Waals surface area contributed by atoms with Gasteiger partial charge < -0.3 is 13.8 Å². The predicted octanol–water partition coefficient (Wildman–Crippen LogP) is 2.89. The quantitative estimate of drug-likeness (QED) is 0.186. The molecule has 32 heavy (non-hydrogen) atoms. The fraction of sp³-hybridized carbons (Fsp3) is 0.200. The lowest BCUT2D eigenvalue weighted by Gasteiger charge is -2.26. The van der Waals surface area contributed by atoms with Crippen molar-refractivity contribution in [2.24, 2.45) is 0 Å². The molecule has 1 saturated heterocycles. The maximum atomic E-state index is 12.7. The van der Waals surface area contributed by atoms with E-state index in [0.29, 0.717) is 30.8 Å². The minimum absolute atomic E-state index is 0.151. The van der Waals surface area contributed by atoms with Gasteiger partial charge in [0.25, 0.3) is 11.6 Å². The number of nitriles is 1. The summed E-state index contributed by atoms with van der Waals surface area (Å²) in [6.45, 7) is 1.38. The molecule has 10 nitrogen and oxygen atoms in total. The van der Waals surface area contributed by atoms with Crippen LogP contribution in [-0.4, -0.2) is 50.5 Å². The Labute approximate surface area is 192 Å². The van der Waals surface area contributed by atoms with Gasteiger partial charge in [0.05, 0.1) is 18.1 Å². The second kappa shape index (κ2) is 9.90. The zero-order valence-electron chi connectivity index (χ0n) is 16.4. The number of ether oxygens (including phenoxy) is 1. The van der Waals surface area contributed by atoms with E-state index in [9.17, 15) is 28.6 Å². The van der Waals surface area contributed by atoms with Gasteiger partial charge in [-0.25, -0.2) is 0 Å². The van der Waals surface area contributed by atoms with Gasteiger partial charge in [0.15, 0.2) is 0 Å². The zero-order chi connectivity index (χ0) is 23.3. The number of nitro groups is 1. The number of non-ortho nitro benzene ring substituents is 1. The molecule has 0 atom stereocenters. The number of nitrogens with zero attached hydrogens (tertiary/aromatic N) is 3. The molecule has 1 fully saturated rings. The van der Waals surface area contributed by atoms with E-state index in [1.165, 1.54) is 41.3 Å². The summed E-state index contributed by atoms with van der Waals surface area (Å²) < 4.78 is 36.4. The molecular formula is C20H16BrN3O7S. The Kier molecular flexibility index (Phi) is 7.24. The highest BCUT2D eigenvalue weighted by Gasteiger charge is 2.23. The van der Waals surface area contributed by atoms with Crippen LogP contribution in [0.2, 0.25) is 0 Å². The molecule has 1 heterocycles. The van der Waals surface area contributed by atoms with Gasteiger partial charge in [-0.05, 0) is 30.3 Å². The van der Waals surface area contributed by atoms with Crippen molar-refractivity contribution >= 4 is 43.7 Å². The Morgan fingerprint density at radius 3 is 2.62 bits per heavy atom. The molecule has 0 N–H and O–H groups in total. The van der Waals surface area contributed by atoms with E-state index < -0.39 is 31.5 Å². The number of hydrogen-bond acceptors (Lipinski definition) is 8. The highest BCUT2D eigenvalue weighted by Crippen LogP contribution is 2.29. The normalized spacial score (nSPS) is 14.5. The van der Waals surface area contributed by atoms with Crippen LogP contribution in [0.5, 0.6) is 5.75 Å². The maximum Gasteiger partial charge on any atom is 0.339 e. The van der Waals surface area contributed by atoms with E-state index in [1.54, 1.807) is 0 Å². The van der Waals surface area contributed by atoms with Crippen LogP contribution in [0.1, 0.15) is 5.56 Å². The third-order valence-corrected chi connectivity index (χ3v) is 6.16. The molecule has 1 amide bonds. The highest BCUT2D eigenvalue weighted by molar-refractivity contribution is 9.10. The molecule has 0 spiro atoms. The number of carbonyl (C=O) groups excluding carboxylic acids is 1. The SMILES string of the molecule is N#C/C(=C\c1cc(Br)ccc1OS(=O)(=O)c1cccc([N+](=O)[O-])c1)C(=O)N1CCOCC1. The largest absolute Gasteiger partial charge is 0.378 e. The Balaban J connectivity index is 1.96. The van der Waals surface area contributed by atoms with Crippen molar-refractivity contribution in [1.82, 2.24) is 4.90 Å². The second-order valence-electron chi connectivity index (χ2n) is 6.55. The highest BCUT2D eigenvalue weighted by atomic mass is 79.9. The van der Waals surface area contributed by atoms with E-state index in [1.807, 2.05) is 6.07 Å². The fourth-order valence-corrected chi connectivity index (χ4v) is 4.23. The number of hydrogen-bond donors (Lipinski definition) is 0. The van der Waals surface area contributed by atoms with Gasteiger partial charge in [-0.15, -0.1) is 0 Å². The smallest absolute Gasteiger partial charge is 0.339 e. The van der Waals surface area contributed by atoms with E-state index in [2.05, 4.69) is 15.9 Å². The van der Waals surface area contributed by atoms with E-state index in [4.69, 9.17) is 8.92 Å². The number of morpholine rings is 1. The standard InChI is InChI=1S/C20H16BrN3O7S/c21-16-4-5-19(31-32(28,29)18-3-1-2-17(12-18)24(26)27)14(11-16)10-15(13-22)20(25)23-6-8-30-9-7-23/h1-5,10-12H,6-9H2/b15-10+. The van der Waals surface area contributed by atoms with Crippen LogP contribution in [0.15, 0.2) is 57.4 Å². The Bertz CT molecular complexity index is 1230. The molecule has 1 aliphatic heterocycles. The molecule has 2 aromatic carbocycles. The lowest BCUT2D eigenvalue weighted by atomic mass is 10.1. The number of amides is 1. The van der Waals surface area contributed by atoms with Crippen LogP contribution in [-0.2, 0) is 19.6 Å². The van der Waals surface area contributed by atoms with Crippen LogP contribution in [0.3, 0.4) is 0 Å². The van der Waals surface area contributed by atoms with Crippen molar-refractivity contribution < 1.29 is 27.1 Å². The molecule has 0 bridgehead atoms. The van der Waals surface area contributed by atoms with E-state index >= 15 is 0 Å². The monoisotopic (exact) mass is 521 g/mol. The summed E-state index contributed by atoms with van der Waals surface area (Å²) in [6.07, 6.45) is 1.24. The lowest BCUT2D eigenvalue weighted by molar-refractivity contribution is -0.385. The average Bonchev–Trinajstić information content (AvgIpc) is 2.79. The minimum Gasteiger partial charge on any atom is -0.378 e. The molecule has 166 valence electrons. The van der Waals surface area contributed by atoms with E-state index in [0.717, 1.165) is 12.1 Å². The third-order valence-electron chi connectivity index (χ3n) is 4.44. The zero-order valence-corrected chi connectivity index (χ0v) is 18.8. The predicted molar refractivity (Wildman–Crippen MR) is 116 cm³/mol. The van der Waals surface area contributed by atoms with Gasteiger partial charge in [0, 0.05) is 35.3 Å². The first kappa shape index (κ1) is 23.4. The molecular weight excluding hydrogens is 506 g/mol. The van der Waals surface area contributed by atoms with Crippen LogP contribution in [0.25, 0.3) is 6.08 Å². The summed E-state index contributed by atoms with van der Waals surface area (Å²) >= 11 is 3.27. The lowest BCUT2D eigenvalue weighted by Crippen LogP contribution is -2.41. The van der Waals surface area contributed by atoms with Crippen molar-refractivity contribution in [1.29, 1.82) is 5.26 Å². The number of nitro benzene ring substituents is 1. The molecule has 2 aromatic rings. The summed E-state index contributed by atoms with van der Waals surface area (Å²) in [6, 6.07) is 10.6. The second-order valence-corrected chi connectivity index (χ2v) is 9.01. The number of benzene rings is 2. The Morgan fingerprint density at radius 1 is 1.25 bits per heavy atom. The van der Waals surface area contributed by atoms with Crippen molar-refractivity contribution in [3.8, 4) is 11.8 Å². The van der Waals surface area contributed by atoms with Crippen LogP contribution < -0.4 is 4.18 Å². The van der Waals surface area contributed by atoms with Crippen molar-refractivity contribution in [3.05, 3.63) is 68.2 Å². The van der Waals surface area contributed by atoms with Crippen molar-refractivity contribution in [3.63, 3.8) is 0 Å². The first-order chi connectivity index (χ1) is 15.2. The number of rotatable bonds is 6. The maximum absolute atomic E-state index is 12.7. The number of carbonyl (C=O) groups is 1. The molecule has 0 unspecified atom stereocenters. The minimum atomic E-state index is -4.43. The first-order valence-corrected chi connectivity index (χ1v) is 11.4. The van der Waals surface area contributed by atoms with Gasteiger partial charge in [0.2, 0.25) is 0 Å². The third kappa shape index (κ3) is 5.50. The Morgan fingerprint density at radius 2 is 1.97 bits per heavy atom. The number of halogens is 1. The topological polar surface area (TPSA) is 140 Å². The molecule has 0 aromatic heterocycles. The summed E-state index contributed by atoms with van der Waals surface area (Å²) in [5.74, 6) is -0.662. The van der Waals surface area contributed by atoms with Crippen LogP contribution >= 0.6 is 15.9 Å². The average molecular weight is 522 g/mol. The van der Waals surface area contributed by atoms with Gasteiger partial charge >= 0.3 is 10.1 Å².